The van der Waals surface area contributed by atoms with Crippen LogP contribution in [0.4, 0.5) is 11.4 Å². The summed E-state index contributed by atoms with van der Waals surface area (Å²) in [7, 11) is 3.97. The van der Waals surface area contributed by atoms with Crippen molar-refractivity contribution >= 4 is 17.3 Å². The quantitative estimate of drug-likeness (QED) is 0.879. The normalized spacial score (nSPS) is 17.6. The molecule has 1 saturated heterocycles. The number of amides is 1. The van der Waals surface area contributed by atoms with Crippen molar-refractivity contribution in [1.29, 1.82) is 0 Å². The Balaban J connectivity index is 2.13. The van der Waals surface area contributed by atoms with Gasteiger partial charge in [-0.15, -0.1) is 0 Å². The highest BCUT2D eigenvalue weighted by Crippen LogP contribution is 2.25. The van der Waals surface area contributed by atoms with E-state index >= 15 is 0 Å². The average Bonchev–Trinajstić information content (AvgIpc) is 2.41. The average molecular weight is 277 g/mol. The lowest BCUT2D eigenvalue weighted by Crippen LogP contribution is -2.54. The van der Waals surface area contributed by atoms with E-state index in [0.717, 1.165) is 11.4 Å². The van der Waals surface area contributed by atoms with Gasteiger partial charge in [0.05, 0.1) is 0 Å². The Kier molecular flexibility index (Phi) is 4.30. The van der Waals surface area contributed by atoms with Gasteiger partial charge < -0.3 is 20.7 Å². The summed E-state index contributed by atoms with van der Waals surface area (Å²) in [5.74, 6) is -0.130. The number of nitrogens with one attached hydrogen (secondary N) is 1. The van der Waals surface area contributed by atoms with Gasteiger partial charge in [0, 0.05) is 38.7 Å². The molecule has 0 saturated carbocycles. The number of aryl methyl sites for hydroxylation is 1. The van der Waals surface area contributed by atoms with E-state index in [1.54, 1.807) is 0 Å². The van der Waals surface area contributed by atoms with Gasteiger partial charge in [-0.1, -0.05) is 6.07 Å². The van der Waals surface area contributed by atoms with Gasteiger partial charge in [0.2, 0.25) is 5.91 Å². The SMILES string of the molecule is Cc1ccc(NC(=O)C2(N)CCOCC2)cc1N(C)C. The first kappa shape index (κ1) is 14.8. The molecule has 5 nitrogen and oxygen atoms in total. The lowest BCUT2D eigenvalue weighted by molar-refractivity contribution is -0.124. The molecule has 1 amide bonds. The molecule has 0 bridgehead atoms. The van der Waals surface area contributed by atoms with Crippen LogP contribution in [0.25, 0.3) is 0 Å². The van der Waals surface area contributed by atoms with Crippen LogP contribution in [0.3, 0.4) is 0 Å². The van der Waals surface area contributed by atoms with Crippen molar-refractivity contribution in [3.05, 3.63) is 23.8 Å². The van der Waals surface area contributed by atoms with Gasteiger partial charge in [0.25, 0.3) is 0 Å². The second-order valence-corrected chi connectivity index (χ2v) is 5.62. The maximum absolute atomic E-state index is 12.4. The molecule has 0 aliphatic carbocycles. The third-order valence-electron chi connectivity index (χ3n) is 3.79. The highest BCUT2D eigenvalue weighted by Gasteiger charge is 2.35. The van der Waals surface area contributed by atoms with Crippen LogP contribution < -0.4 is 16.0 Å². The lowest BCUT2D eigenvalue weighted by atomic mass is 9.90. The van der Waals surface area contributed by atoms with Gasteiger partial charge in [0.1, 0.15) is 5.54 Å². The molecule has 5 heteroatoms. The minimum absolute atomic E-state index is 0.130. The summed E-state index contributed by atoms with van der Waals surface area (Å²) in [4.78, 5) is 14.4. The number of carbonyl (C=O) groups excluding carboxylic acids is 1. The van der Waals surface area contributed by atoms with E-state index in [2.05, 4.69) is 5.32 Å². The predicted molar refractivity (Wildman–Crippen MR) is 81.1 cm³/mol. The summed E-state index contributed by atoms with van der Waals surface area (Å²) in [5, 5.41) is 2.93. The highest BCUT2D eigenvalue weighted by atomic mass is 16.5. The summed E-state index contributed by atoms with van der Waals surface area (Å²) in [6, 6.07) is 5.87. The Morgan fingerprint density at radius 3 is 2.60 bits per heavy atom. The van der Waals surface area contributed by atoms with Crippen LogP contribution >= 0.6 is 0 Å². The number of nitrogens with zero attached hydrogens (tertiary/aromatic N) is 1. The number of nitrogens with two attached hydrogens (primary N) is 1. The number of ether oxygens (including phenoxy) is 1. The fourth-order valence-corrected chi connectivity index (χ4v) is 2.39. The van der Waals surface area contributed by atoms with E-state index < -0.39 is 5.54 Å². The van der Waals surface area contributed by atoms with Gasteiger partial charge in [-0.25, -0.2) is 0 Å². The largest absolute Gasteiger partial charge is 0.381 e. The third-order valence-corrected chi connectivity index (χ3v) is 3.79. The Morgan fingerprint density at radius 2 is 2.00 bits per heavy atom. The van der Waals surface area contributed by atoms with Crippen molar-refractivity contribution < 1.29 is 9.53 Å². The molecule has 1 aliphatic rings. The van der Waals surface area contributed by atoms with Gasteiger partial charge in [0.15, 0.2) is 0 Å². The van der Waals surface area contributed by atoms with E-state index in [9.17, 15) is 4.79 Å². The van der Waals surface area contributed by atoms with Crippen LogP contribution in [0.15, 0.2) is 18.2 Å². The number of hydrogen-bond acceptors (Lipinski definition) is 4. The van der Waals surface area contributed by atoms with Crippen molar-refractivity contribution in [2.75, 3.05) is 37.5 Å². The molecule has 0 spiro atoms. The molecule has 0 radical (unpaired) electrons. The Hall–Kier alpha value is -1.59. The highest BCUT2D eigenvalue weighted by molar-refractivity contribution is 5.98. The molecule has 0 unspecified atom stereocenters. The maximum atomic E-state index is 12.4. The third kappa shape index (κ3) is 3.11. The van der Waals surface area contributed by atoms with Crippen molar-refractivity contribution in [3.63, 3.8) is 0 Å². The molecule has 1 aliphatic heterocycles. The van der Waals surface area contributed by atoms with Gasteiger partial charge in [-0.3, -0.25) is 4.79 Å². The Bertz CT molecular complexity index is 494. The molecule has 110 valence electrons. The van der Waals surface area contributed by atoms with Crippen molar-refractivity contribution in [2.45, 2.75) is 25.3 Å². The Labute approximate surface area is 120 Å². The molecule has 1 aromatic carbocycles. The van der Waals surface area contributed by atoms with Crippen molar-refractivity contribution in [3.8, 4) is 0 Å². The minimum atomic E-state index is -0.818. The number of hydrogen-bond donors (Lipinski definition) is 2. The van der Waals surface area contributed by atoms with Crippen molar-refractivity contribution in [1.82, 2.24) is 0 Å². The van der Waals surface area contributed by atoms with Crippen LogP contribution in [0.5, 0.6) is 0 Å². The first-order valence-corrected chi connectivity index (χ1v) is 6.88. The molecule has 1 fully saturated rings. The maximum Gasteiger partial charge on any atom is 0.244 e. The van der Waals surface area contributed by atoms with Crippen molar-refractivity contribution in [2.24, 2.45) is 5.73 Å². The molecule has 1 heterocycles. The summed E-state index contributed by atoms with van der Waals surface area (Å²) in [6.45, 7) is 3.13. The van der Waals surface area contributed by atoms with E-state index in [0.29, 0.717) is 26.1 Å². The van der Waals surface area contributed by atoms with Gasteiger partial charge in [-0.2, -0.15) is 0 Å². The zero-order valence-electron chi connectivity index (χ0n) is 12.4. The molecular formula is C15H23N3O2. The van der Waals surface area contributed by atoms with Gasteiger partial charge >= 0.3 is 0 Å². The molecule has 0 aromatic heterocycles. The fourth-order valence-electron chi connectivity index (χ4n) is 2.39. The lowest BCUT2D eigenvalue weighted by Gasteiger charge is -2.31. The van der Waals surface area contributed by atoms with Crippen LogP contribution in [0.1, 0.15) is 18.4 Å². The van der Waals surface area contributed by atoms with Crippen LogP contribution in [-0.4, -0.2) is 38.8 Å². The minimum Gasteiger partial charge on any atom is -0.381 e. The first-order valence-electron chi connectivity index (χ1n) is 6.88. The second-order valence-electron chi connectivity index (χ2n) is 5.62. The monoisotopic (exact) mass is 277 g/mol. The van der Waals surface area contributed by atoms with Crippen LogP contribution in [0, 0.1) is 6.92 Å². The summed E-state index contributed by atoms with van der Waals surface area (Å²) < 4.78 is 5.26. The second kappa shape index (κ2) is 5.81. The first-order chi connectivity index (χ1) is 9.42. The predicted octanol–water partition coefficient (Wildman–Crippen LogP) is 1.51. The molecular weight excluding hydrogens is 254 g/mol. The zero-order valence-corrected chi connectivity index (χ0v) is 12.4. The zero-order chi connectivity index (χ0) is 14.8. The fraction of sp³-hybridized carbons (Fsp3) is 0.533. The molecule has 20 heavy (non-hydrogen) atoms. The molecule has 0 atom stereocenters. The van der Waals surface area contributed by atoms with Crippen LogP contribution in [0.2, 0.25) is 0 Å². The number of carbonyl (C=O) groups is 1. The number of anilines is 2. The summed E-state index contributed by atoms with van der Waals surface area (Å²) >= 11 is 0. The topological polar surface area (TPSA) is 67.6 Å². The molecule has 1 aromatic rings. The Morgan fingerprint density at radius 1 is 1.35 bits per heavy atom. The summed E-state index contributed by atoms with van der Waals surface area (Å²) in [5.41, 5.74) is 8.39. The van der Waals surface area contributed by atoms with Gasteiger partial charge in [-0.05, 0) is 37.5 Å². The van der Waals surface area contributed by atoms with E-state index in [-0.39, 0.29) is 5.91 Å². The standard InChI is InChI=1S/C15H23N3O2/c1-11-4-5-12(10-13(11)18(2)3)17-14(19)15(16)6-8-20-9-7-15/h4-5,10H,6-9,16H2,1-3H3,(H,17,19). The van der Waals surface area contributed by atoms with E-state index in [4.69, 9.17) is 10.5 Å². The van der Waals surface area contributed by atoms with Crippen LogP contribution in [-0.2, 0) is 9.53 Å². The van der Waals surface area contributed by atoms with E-state index in [1.165, 1.54) is 5.56 Å². The molecule has 3 N–H and O–H groups in total. The molecule has 2 rings (SSSR count). The summed E-state index contributed by atoms with van der Waals surface area (Å²) in [6.07, 6.45) is 1.12. The van der Waals surface area contributed by atoms with E-state index in [1.807, 2.05) is 44.1 Å². The number of rotatable bonds is 3. The number of benzene rings is 1. The smallest absolute Gasteiger partial charge is 0.244 e.